The van der Waals surface area contributed by atoms with E-state index in [2.05, 4.69) is 69.8 Å². The summed E-state index contributed by atoms with van der Waals surface area (Å²) in [7, 11) is 1.74. The molecule has 0 saturated carbocycles. The molecule has 5 heteroatoms. The van der Waals surface area contributed by atoms with Gasteiger partial charge < -0.3 is 4.74 Å². The fourth-order valence-electron chi connectivity index (χ4n) is 6.77. The van der Waals surface area contributed by atoms with E-state index in [1.54, 1.807) is 7.11 Å². The first-order valence-electron chi connectivity index (χ1n) is 14.3. The van der Waals surface area contributed by atoms with Crippen LogP contribution in [0.5, 0.6) is 5.75 Å². The molecule has 5 rings (SSSR count). The van der Waals surface area contributed by atoms with Gasteiger partial charge in [-0.25, -0.2) is 0 Å². The van der Waals surface area contributed by atoms with Crippen molar-refractivity contribution in [2.75, 3.05) is 46.4 Å². The number of benzene rings is 2. The van der Waals surface area contributed by atoms with Crippen molar-refractivity contribution in [1.82, 2.24) is 14.7 Å². The summed E-state index contributed by atoms with van der Waals surface area (Å²) < 4.78 is 5.61. The van der Waals surface area contributed by atoms with Gasteiger partial charge in [-0.15, -0.1) is 6.58 Å². The molecule has 3 atom stereocenters. The maximum absolute atomic E-state index is 13.0. The average Bonchev–Trinajstić information content (AvgIpc) is 3.02. The van der Waals surface area contributed by atoms with Crippen molar-refractivity contribution in [2.24, 2.45) is 0 Å². The van der Waals surface area contributed by atoms with Gasteiger partial charge in [0.05, 0.1) is 19.7 Å². The van der Waals surface area contributed by atoms with E-state index in [1.807, 2.05) is 6.07 Å². The van der Waals surface area contributed by atoms with Crippen LogP contribution in [0.2, 0.25) is 0 Å². The van der Waals surface area contributed by atoms with Crippen molar-refractivity contribution >= 4 is 5.78 Å². The number of piperidine rings is 2. The molecule has 3 aliphatic heterocycles. The van der Waals surface area contributed by atoms with E-state index in [9.17, 15) is 4.79 Å². The van der Waals surface area contributed by atoms with Gasteiger partial charge in [0.25, 0.3) is 0 Å². The van der Waals surface area contributed by atoms with Crippen LogP contribution in [0.1, 0.15) is 72.5 Å². The molecule has 0 amide bonds. The average molecular weight is 502 g/mol. The Morgan fingerprint density at radius 2 is 1.76 bits per heavy atom. The van der Waals surface area contributed by atoms with Crippen LogP contribution in [0, 0.1) is 0 Å². The molecule has 2 aromatic rings. The Morgan fingerprint density at radius 1 is 0.973 bits per heavy atom. The monoisotopic (exact) mass is 501 g/mol. The summed E-state index contributed by atoms with van der Waals surface area (Å²) >= 11 is 0. The predicted molar refractivity (Wildman–Crippen MR) is 150 cm³/mol. The Kier molecular flexibility index (Phi) is 8.75. The van der Waals surface area contributed by atoms with E-state index in [1.165, 1.54) is 56.1 Å². The van der Waals surface area contributed by atoms with Crippen molar-refractivity contribution in [1.29, 1.82) is 0 Å². The first kappa shape index (κ1) is 26.1. The normalized spacial score (nSPS) is 24.2. The molecule has 0 aromatic heterocycles. The molecule has 0 N–H and O–H groups in total. The van der Waals surface area contributed by atoms with Gasteiger partial charge in [-0.2, -0.15) is 0 Å². The fraction of sp³-hybridized carbons (Fsp3) is 0.531. The molecule has 3 fully saturated rings. The minimum atomic E-state index is 0.131. The van der Waals surface area contributed by atoms with Crippen LogP contribution in [0.4, 0.5) is 0 Å². The molecule has 3 heterocycles. The third kappa shape index (κ3) is 6.17. The molecule has 3 unspecified atom stereocenters. The zero-order valence-electron chi connectivity index (χ0n) is 22.5. The number of ether oxygens (including phenoxy) is 1. The van der Waals surface area contributed by atoms with Gasteiger partial charge in [-0.05, 0) is 68.5 Å². The van der Waals surface area contributed by atoms with Crippen molar-refractivity contribution in [3.8, 4) is 5.75 Å². The smallest absolute Gasteiger partial charge is 0.176 e. The number of methoxy groups -OCH3 is 1. The summed E-state index contributed by atoms with van der Waals surface area (Å²) in [4.78, 5) is 20.7. The number of Topliss-reactive ketones (excluding diaryl/α,β-unsaturated/α-hetero) is 1. The third-order valence-electron chi connectivity index (χ3n) is 8.69. The highest BCUT2D eigenvalue weighted by atomic mass is 16.5. The summed E-state index contributed by atoms with van der Waals surface area (Å²) in [6, 6.07) is 18.3. The third-order valence-corrected chi connectivity index (χ3v) is 8.69. The molecule has 3 saturated heterocycles. The van der Waals surface area contributed by atoms with Gasteiger partial charge in [-0.1, -0.05) is 55.3 Å². The summed E-state index contributed by atoms with van der Waals surface area (Å²) in [5, 5.41) is 0. The van der Waals surface area contributed by atoms with Gasteiger partial charge in [0.1, 0.15) is 5.75 Å². The number of ketones is 1. The lowest BCUT2D eigenvalue weighted by atomic mass is 9.94. The standard InChI is InChI=1S/C32H43N3O2/c1-3-18-35-28-10-8-11-29(35)23-34(21-17-28)32(27-9-7-12-30(22-27)37-2)26-15-13-25(14-16-26)31(36)24-33-19-5-4-6-20-33/h3,7,9,12-16,22,28-29,32H,1,4-6,8,10-11,17-21,23-24H2,2H3. The number of carbonyl (C=O) groups excluding carboxylic acids is 1. The minimum Gasteiger partial charge on any atom is -0.497 e. The van der Waals surface area contributed by atoms with Crippen molar-refractivity contribution < 1.29 is 9.53 Å². The van der Waals surface area contributed by atoms with E-state index in [0.29, 0.717) is 18.6 Å². The van der Waals surface area contributed by atoms with Crippen molar-refractivity contribution in [3.05, 3.63) is 77.9 Å². The van der Waals surface area contributed by atoms with E-state index >= 15 is 0 Å². The molecule has 2 bridgehead atoms. The van der Waals surface area contributed by atoms with Gasteiger partial charge >= 0.3 is 0 Å². The topological polar surface area (TPSA) is 36.0 Å². The Morgan fingerprint density at radius 3 is 2.51 bits per heavy atom. The maximum Gasteiger partial charge on any atom is 0.176 e. The summed E-state index contributed by atoms with van der Waals surface area (Å²) in [5.74, 6) is 1.12. The number of hydrogen-bond donors (Lipinski definition) is 0. The Balaban J connectivity index is 1.41. The van der Waals surface area contributed by atoms with Crippen molar-refractivity contribution in [3.63, 3.8) is 0 Å². The number of nitrogens with zero attached hydrogens (tertiary/aromatic N) is 3. The van der Waals surface area contributed by atoms with Crippen LogP contribution in [0.15, 0.2) is 61.2 Å². The van der Waals surface area contributed by atoms with Crippen LogP contribution >= 0.6 is 0 Å². The molecule has 3 aliphatic rings. The number of rotatable bonds is 9. The molecule has 5 nitrogen and oxygen atoms in total. The molecular weight excluding hydrogens is 458 g/mol. The largest absolute Gasteiger partial charge is 0.497 e. The zero-order chi connectivity index (χ0) is 25.6. The Hall–Kier alpha value is -2.47. The highest BCUT2D eigenvalue weighted by Gasteiger charge is 2.36. The van der Waals surface area contributed by atoms with E-state index < -0.39 is 0 Å². The summed E-state index contributed by atoms with van der Waals surface area (Å²) in [5.41, 5.74) is 3.32. The molecule has 37 heavy (non-hydrogen) atoms. The lowest BCUT2D eigenvalue weighted by Crippen LogP contribution is -2.48. The lowest BCUT2D eigenvalue weighted by Gasteiger charge is -2.41. The van der Waals surface area contributed by atoms with Gasteiger partial charge in [0, 0.05) is 37.3 Å². The molecule has 0 aliphatic carbocycles. The zero-order valence-corrected chi connectivity index (χ0v) is 22.5. The Bertz CT molecular complexity index is 1050. The molecule has 0 radical (unpaired) electrons. The SMILES string of the molecule is C=CCN1C2CCCC1CN(C(c1ccc(C(=O)CN3CCCCC3)cc1)c1cccc(OC)c1)CC2. The highest BCUT2D eigenvalue weighted by molar-refractivity contribution is 5.97. The van der Waals surface area contributed by atoms with Crippen LogP contribution in [-0.4, -0.2) is 78.9 Å². The number of hydrogen-bond acceptors (Lipinski definition) is 5. The second-order valence-corrected chi connectivity index (χ2v) is 11.1. The molecule has 0 spiro atoms. The maximum atomic E-state index is 13.0. The van der Waals surface area contributed by atoms with Crippen LogP contribution in [-0.2, 0) is 0 Å². The van der Waals surface area contributed by atoms with Crippen LogP contribution in [0.25, 0.3) is 0 Å². The van der Waals surface area contributed by atoms with E-state index in [0.717, 1.165) is 44.0 Å². The second kappa shape index (κ2) is 12.4. The molecule has 2 aromatic carbocycles. The second-order valence-electron chi connectivity index (χ2n) is 11.1. The first-order chi connectivity index (χ1) is 18.2. The van der Waals surface area contributed by atoms with E-state index in [4.69, 9.17) is 4.74 Å². The minimum absolute atomic E-state index is 0.131. The molecular formula is C32H43N3O2. The number of likely N-dealkylation sites (tertiary alicyclic amines) is 1. The number of carbonyl (C=O) groups is 1. The summed E-state index contributed by atoms with van der Waals surface area (Å²) in [6.45, 7) is 9.74. The number of fused-ring (bicyclic) bond motifs is 2. The van der Waals surface area contributed by atoms with Crippen LogP contribution in [0.3, 0.4) is 0 Å². The van der Waals surface area contributed by atoms with Gasteiger partial charge in [0.15, 0.2) is 5.78 Å². The Labute approximate surface area is 223 Å². The fourth-order valence-corrected chi connectivity index (χ4v) is 6.77. The highest BCUT2D eigenvalue weighted by Crippen LogP contribution is 2.36. The van der Waals surface area contributed by atoms with E-state index in [-0.39, 0.29) is 11.8 Å². The predicted octanol–water partition coefficient (Wildman–Crippen LogP) is 5.57. The van der Waals surface area contributed by atoms with Gasteiger partial charge in [0.2, 0.25) is 0 Å². The first-order valence-corrected chi connectivity index (χ1v) is 14.3. The van der Waals surface area contributed by atoms with Gasteiger partial charge in [-0.3, -0.25) is 19.5 Å². The summed E-state index contributed by atoms with van der Waals surface area (Å²) in [6.07, 6.45) is 10.8. The molecule has 198 valence electrons. The quantitative estimate of drug-likeness (QED) is 0.332. The van der Waals surface area contributed by atoms with Crippen molar-refractivity contribution in [2.45, 2.75) is 63.1 Å². The lowest BCUT2D eigenvalue weighted by molar-refractivity contribution is 0.0915. The van der Waals surface area contributed by atoms with Crippen LogP contribution < -0.4 is 4.74 Å².